The lowest BCUT2D eigenvalue weighted by atomic mass is 10.1. The van der Waals surface area contributed by atoms with E-state index >= 15 is 0 Å². The van der Waals surface area contributed by atoms with Crippen LogP contribution in [0.4, 0.5) is 0 Å². The fourth-order valence-corrected chi connectivity index (χ4v) is 2.93. The van der Waals surface area contributed by atoms with Gasteiger partial charge >= 0.3 is 0 Å². The van der Waals surface area contributed by atoms with E-state index in [1.54, 1.807) is 21.3 Å². The average Bonchev–Trinajstić information content (AvgIpc) is 2.71. The van der Waals surface area contributed by atoms with Crippen molar-refractivity contribution >= 4 is 5.96 Å². The quantitative estimate of drug-likeness (QED) is 0.423. The number of nitrogens with zero attached hydrogens (tertiary/aromatic N) is 1. The zero-order chi connectivity index (χ0) is 19.6. The van der Waals surface area contributed by atoms with Crippen LogP contribution in [0, 0.1) is 0 Å². The maximum atomic E-state index is 5.49. The van der Waals surface area contributed by atoms with Crippen molar-refractivity contribution < 1.29 is 9.47 Å². The molecule has 2 aromatic carbocycles. The van der Waals surface area contributed by atoms with Crippen LogP contribution in [0.1, 0.15) is 29.7 Å². The van der Waals surface area contributed by atoms with Gasteiger partial charge in [-0.05, 0) is 36.6 Å². The van der Waals surface area contributed by atoms with E-state index < -0.39 is 0 Å². The van der Waals surface area contributed by atoms with Gasteiger partial charge in [-0.2, -0.15) is 0 Å². The van der Waals surface area contributed by atoms with Crippen LogP contribution in [-0.2, 0) is 13.0 Å². The molecule has 1 atom stereocenters. The zero-order valence-electron chi connectivity index (χ0n) is 16.6. The van der Waals surface area contributed by atoms with Crippen molar-refractivity contribution in [1.29, 1.82) is 0 Å². The molecule has 5 nitrogen and oxygen atoms in total. The molecule has 0 aromatic heterocycles. The number of benzene rings is 2. The molecule has 5 heteroatoms. The molecule has 2 aromatic rings. The van der Waals surface area contributed by atoms with Gasteiger partial charge in [0.25, 0.3) is 0 Å². The van der Waals surface area contributed by atoms with Gasteiger partial charge in [0.1, 0.15) is 0 Å². The minimum atomic E-state index is 0.152. The lowest BCUT2D eigenvalue weighted by molar-refractivity contribution is 0.352. The molecular formula is C22H29N3O2. The largest absolute Gasteiger partial charge is 0.493 e. The molecule has 1 unspecified atom stereocenters. The molecular weight excluding hydrogens is 338 g/mol. The molecule has 0 bridgehead atoms. The minimum absolute atomic E-state index is 0.152. The van der Waals surface area contributed by atoms with E-state index in [2.05, 4.69) is 47.3 Å². The summed E-state index contributed by atoms with van der Waals surface area (Å²) < 4.78 is 11.0. The first-order valence-corrected chi connectivity index (χ1v) is 8.99. The molecule has 0 fully saturated rings. The molecule has 0 radical (unpaired) electrons. The highest BCUT2D eigenvalue weighted by atomic mass is 16.5. The Kier molecular flexibility index (Phi) is 7.74. The molecule has 0 spiro atoms. The van der Waals surface area contributed by atoms with E-state index in [1.165, 1.54) is 5.56 Å². The number of aliphatic imine (C=N–C) groups is 1. The number of methoxy groups -OCH3 is 2. The lowest BCUT2D eigenvalue weighted by Gasteiger charge is -2.19. The Balaban J connectivity index is 2.09. The van der Waals surface area contributed by atoms with Gasteiger partial charge in [0.2, 0.25) is 0 Å². The molecule has 27 heavy (non-hydrogen) atoms. The summed E-state index contributed by atoms with van der Waals surface area (Å²) >= 11 is 0. The predicted octanol–water partition coefficient (Wildman–Crippen LogP) is 3.86. The van der Waals surface area contributed by atoms with E-state index in [1.807, 2.05) is 30.3 Å². The van der Waals surface area contributed by atoms with Gasteiger partial charge in [0.15, 0.2) is 17.5 Å². The molecule has 0 heterocycles. The maximum absolute atomic E-state index is 5.49. The highest BCUT2D eigenvalue weighted by Gasteiger charge is 2.12. The summed E-state index contributed by atoms with van der Waals surface area (Å²) in [6.07, 6.45) is 2.57. The number of nitrogens with one attached hydrogen (secondary N) is 2. The fourth-order valence-electron chi connectivity index (χ4n) is 2.93. The van der Waals surface area contributed by atoms with Crippen LogP contribution in [0.15, 0.2) is 60.1 Å². The van der Waals surface area contributed by atoms with Crippen LogP contribution < -0.4 is 20.1 Å². The van der Waals surface area contributed by atoms with Gasteiger partial charge in [0.05, 0.1) is 20.3 Å². The van der Waals surface area contributed by atoms with Crippen LogP contribution in [0.2, 0.25) is 0 Å². The molecule has 0 aliphatic carbocycles. The van der Waals surface area contributed by atoms with Gasteiger partial charge in [0, 0.05) is 19.2 Å². The molecule has 0 aliphatic rings. The first kappa shape index (κ1) is 20.4. The van der Waals surface area contributed by atoms with Crippen molar-refractivity contribution in [3.05, 3.63) is 71.8 Å². The number of allylic oxidation sites excluding steroid dienone is 1. The smallest absolute Gasteiger partial charge is 0.191 e. The van der Waals surface area contributed by atoms with Crippen molar-refractivity contribution in [3.63, 3.8) is 0 Å². The number of guanidine groups is 1. The topological polar surface area (TPSA) is 54.9 Å². The molecule has 2 N–H and O–H groups in total. The van der Waals surface area contributed by atoms with Gasteiger partial charge in [-0.1, -0.05) is 36.4 Å². The Hall–Kier alpha value is -2.95. The average molecular weight is 367 g/mol. The van der Waals surface area contributed by atoms with Crippen LogP contribution in [0.5, 0.6) is 11.5 Å². The molecule has 0 amide bonds. The summed E-state index contributed by atoms with van der Waals surface area (Å²) in [5.74, 6) is 2.21. The standard InChI is InChI=1S/C22H29N3O2/c1-6-10-19-13-17(14-20(26-4)21(19)27-5)15-24-22(23-3)25-16(2)18-11-8-7-9-12-18/h6-9,11-14,16H,1,10,15H2,2-5H3,(H2,23,24,25). The summed E-state index contributed by atoms with van der Waals surface area (Å²) in [5, 5.41) is 6.77. The third kappa shape index (κ3) is 5.51. The Morgan fingerprint density at radius 2 is 1.93 bits per heavy atom. The Morgan fingerprint density at radius 3 is 2.52 bits per heavy atom. The minimum Gasteiger partial charge on any atom is -0.493 e. The van der Waals surface area contributed by atoms with Crippen LogP contribution in [0.3, 0.4) is 0 Å². The molecule has 0 saturated heterocycles. The van der Waals surface area contributed by atoms with Crippen LogP contribution >= 0.6 is 0 Å². The highest BCUT2D eigenvalue weighted by Crippen LogP contribution is 2.33. The summed E-state index contributed by atoms with van der Waals surface area (Å²) in [6, 6.07) is 14.5. The monoisotopic (exact) mass is 367 g/mol. The Morgan fingerprint density at radius 1 is 1.19 bits per heavy atom. The molecule has 0 saturated carbocycles. The van der Waals surface area contributed by atoms with Crippen LogP contribution in [-0.4, -0.2) is 27.2 Å². The second-order valence-corrected chi connectivity index (χ2v) is 6.19. The van der Waals surface area contributed by atoms with Crippen molar-refractivity contribution in [2.24, 2.45) is 4.99 Å². The molecule has 2 rings (SSSR count). The lowest BCUT2D eigenvalue weighted by Crippen LogP contribution is -2.38. The van der Waals surface area contributed by atoms with Crippen LogP contribution in [0.25, 0.3) is 0 Å². The van der Waals surface area contributed by atoms with E-state index in [4.69, 9.17) is 9.47 Å². The summed E-state index contributed by atoms with van der Waals surface area (Å²) in [7, 11) is 5.07. The van der Waals surface area contributed by atoms with Crippen molar-refractivity contribution in [1.82, 2.24) is 10.6 Å². The third-order valence-electron chi connectivity index (χ3n) is 4.32. The third-order valence-corrected chi connectivity index (χ3v) is 4.32. The Labute approximate surface area is 162 Å². The Bertz CT molecular complexity index is 773. The van der Waals surface area contributed by atoms with Gasteiger partial charge < -0.3 is 20.1 Å². The normalized spacial score (nSPS) is 12.2. The first-order valence-electron chi connectivity index (χ1n) is 8.99. The van der Waals surface area contributed by atoms with Gasteiger partial charge in [-0.15, -0.1) is 6.58 Å². The van der Waals surface area contributed by atoms with Crippen molar-refractivity contribution in [2.45, 2.75) is 25.9 Å². The predicted molar refractivity (Wildman–Crippen MR) is 112 cm³/mol. The maximum Gasteiger partial charge on any atom is 0.191 e. The van der Waals surface area contributed by atoms with E-state index in [-0.39, 0.29) is 6.04 Å². The van der Waals surface area contributed by atoms with Crippen molar-refractivity contribution in [3.8, 4) is 11.5 Å². The first-order chi connectivity index (χ1) is 13.1. The van der Waals surface area contributed by atoms with E-state index in [0.29, 0.717) is 18.7 Å². The summed E-state index contributed by atoms with van der Waals surface area (Å²) in [6.45, 7) is 6.55. The fraction of sp³-hybridized carbons (Fsp3) is 0.318. The van der Waals surface area contributed by atoms with Gasteiger partial charge in [-0.3, -0.25) is 4.99 Å². The number of rotatable bonds is 8. The summed E-state index contributed by atoms with van der Waals surface area (Å²) in [5.41, 5.74) is 3.34. The highest BCUT2D eigenvalue weighted by molar-refractivity contribution is 5.80. The van der Waals surface area contributed by atoms with E-state index in [0.717, 1.165) is 22.8 Å². The van der Waals surface area contributed by atoms with Crippen molar-refractivity contribution in [2.75, 3.05) is 21.3 Å². The van der Waals surface area contributed by atoms with Gasteiger partial charge in [-0.25, -0.2) is 0 Å². The second-order valence-electron chi connectivity index (χ2n) is 6.19. The SMILES string of the molecule is C=CCc1cc(CNC(=NC)NC(C)c2ccccc2)cc(OC)c1OC. The number of hydrogen-bond acceptors (Lipinski definition) is 3. The van der Waals surface area contributed by atoms with E-state index in [9.17, 15) is 0 Å². The number of hydrogen-bond donors (Lipinski definition) is 2. The summed E-state index contributed by atoms with van der Waals surface area (Å²) in [4.78, 5) is 4.33. The molecule has 0 aliphatic heterocycles. The zero-order valence-corrected chi connectivity index (χ0v) is 16.6. The second kappa shape index (κ2) is 10.3. The number of ether oxygens (including phenoxy) is 2. The molecule has 144 valence electrons.